The number of hydrogen-bond donors (Lipinski definition) is 0. The molecule has 2 unspecified atom stereocenters. The molecule has 0 saturated carbocycles. The van der Waals surface area contributed by atoms with E-state index in [0.29, 0.717) is 5.92 Å². The molecule has 0 fully saturated rings. The van der Waals surface area contributed by atoms with E-state index in [1.165, 1.54) is 6.92 Å². The van der Waals surface area contributed by atoms with Crippen LogP contribution in [0.15, 0.2) is 0 Å². The van der Waals surface area contributed by atoms with Crippen LogP contribution in [0.1, 0.15) is 27.2 Å². The van der Waals surface area contributed by atoms with Gasteiger partial charge in [0.05, 0.1) is 6.10 Å². The molecular weight excluding hydrogens is 208 g/mol. The molecule has 3 heteroatoms. The first-order valence-electron chi connectivity index (χ1n) is 3.79. The highest BCUT2D eigenvalue weighted by molar-refractivity contribution is 9.09. The summed E-state index contributed by atoms with van der Waals surface area (Å²) in [6.45, 7) is 5.48. The standard InChI is InChI=1S/C8H15BrO2/c1-6(5-9)4-7(2)11-8(3)10/h6-7H,4-5H2,1-3H3. The van der Waals surface area contributed by atoms with Crippen LogP contribution in [0, 0.1) is 5.92 Å². The Bertz CT molecular complexity index is 125. The average molecular weight is 223 g/mol. The van der Waals surface area contributed by atoms with E-state index in [-0.39, 0.29) is 12.1 Å². The van der Waals surface area contributed by atoms with Gasteiger partial charge in [-0.05, 0) is 19.3 Å². The monoisotopic (exact) mass is 222 g/mol. The predicted molar refractivity (Wildman–Crippen MR) is 48.8 cm³/mol. The van der Waals surface area contributed by atoms with Crippen molar-refractivity contribution in [2.24, 2.45) is 5.92 Å². The Morgan fingerprint density at radius 1 is 1.55 bits per heavy atom. The Labute approximate surface area is 76.4 Å². The molecular formula is C8H15BrO2. The van der Waals surface area contributed by atoms with Crippen molar-refractivity contribution < 1.29 is 9.53 Å². The van der Waals surface area contributed by atoms with E-state index in [1.54, 1.807) is 0 Å². The quantitative estimate of drug-likeness (QED) is 0.540. The van der Waals surface area contributed by atoms with Gasteiger partial charge in [-0.1, -0.05) is 22.9 Å². The van der Waals surface area contributed by atoms with Gasteiger partial charge in [-0.25, -0.2) is 0 Å². The van der Waals surface area contributed by atoms with Crippen LogP contribution in [0.4, 0.5) is 0 Å². The van der Waals surface area contributed by atoms with Gasteiger partial charge in [-0.3, -0.25) is 4.79 Å². The lowest BCUT2D eigenvalue weighted by Gasteiger charge is -2.14. The average Bonchev–Trinajstić information content (AvgIpc) is 1.85. The van der Waals surface area contributed by atoms with Crippen LogP contribution in [-0.4, -0.2) is 17.4 Å². The van der Waals surface area contributed by atoms with E-state index in [2.05, 4.69) is 22.9 Å². The lowest BCUT2D eigenvalue weighted by Crippen LogP contribution is -2.16. The van der Waals surface area contributed by atoms with E-state index in [9.17, 15) is 4.79 Å². The van der Waals surface area contributed by atoms with Gasteiger partial charge in [0.15, 0.2) is 0 Å². The van der Waals surface area contributed by atoms with E-state index < -0.39 is 0 Å². The predicted octanol–water partition coefficient (Wildman–Crippen LogP) is 2.36. The number of carbonyl (C=O) groups is 1. The van der Waals surface area contributed by atoms with Crippen molar-refractivity contribution in [2.75, 3.05) is 5.33 Å². The Morgan fingerprint density at radius 2 is 2.09 bits per heavy atom. The molecule has 0 bridgehead atoms. The number of alkyl halides is 1. The Kier molecular flexibility index (Phi) is 5.56. The molecule has 2 nitrogen and oxygen atoms in total. The van der Waals surface area contributed by atoms with Gasteiger partial charge in [-0.2, -0.15) is 0 Å². The third kappa shape index (κ3) is 6.35. The molecule has 0 heterocycles. The van der Waals surface area contributed by atoms with Gasteiger partial charge in [0.2, 0.25) is 0 Å². The number of carbonyl (C=O) groups excluding carboxylic acids is 1. The molecule has 0 rings (SSSR count). The van der Waals surface area contributed by atoms with E-state index in [1.807, 2.05) is 6.92 Å². The molecule has 66 valence electrons. The first-order valence-corrected chi connectivity index (χ1v) is 4.91. The maximum atomic E-state index is 10.5. The first-order chi connectivity index (χ1) is 5.06. The van der Waals surface area contributed by atoms with Crippen molar-refractivity contribution >= 4 is 21.9 Å². The van der Waals surface area contributed by atoms with Gasteiger partial charge in [-0.15, -0.1) is 0 Å². The highest BCUT2D eigenvalue weighted by Crippen LogP contribution is 2.10. The highest BCUT2D eigenvalue weighted by atomic mass is 79.9. The molecule has 0 saturated heterocycles. The lowest BCUT2D eigenvalue weighted by molar-refractivity contribution is -0.146. The Morgan fingerprint density at radius 3 is 2.45 bits per heavy atom. The van der Waals surface area contributed by atoms with Crippen molar-refractivity contribution in [2.45, 2.75) is 33.3 Å². The number of esters is 1. The molecule has 0 radical (unpaired) electrons. The first kappa shape index (κ1) is 11.0. The van der Waals surface area contributed by atoms with Crippen molar-refractivity contribution in [1.29, 1.82) is 0 Å². The third-order valence-electron chi connectivity index (χ3n) is 1.36. The number of rotatable bonds is 4. The van der Waals surface area contributed by atoms with E-state index in [0.717, 1.165) is 11.8 Å². The number of halogens is 1. The largest absolute Gasteiger partial charge is 0.463 e. The zero-order chi connectivity index (χ0) is 8.85. The normalized spacial score (nSPS) is 15.6. The van der Waals surface area contributed by atoms with Gasteiger partial charge < -0.3 is 4.74 Å². The zero-order valence-electron chi connectivity index (χ0n) is 7.26. The summed E-state index contributed by atoms with van der Waals surface area (Å²) < 4.78 is 4.96. The molecule has 0 aliphatic rings. The molecule has 11 heavy (non-hydrogen) atoms. The molecule has 0 aliphatic heterocycles. The molecule has 0 aliphatic carbocycles. The maximum absolute atomic E-state index is 10.5. The fourth-order valence-corrected chi connectivity index (χ4v) is 1.23. The second-order valence-corrected chi connectivity index (χ2v) is 3.56. The van der Waals surface area contributed by atoms with Gasteiger partial charge in [0, 0.05) is 12.3 Å². The van der Waals surface area contributed by atoms with Crippen LogP contribution >= 0.6 is 15.9 Å². The summed E-state index contributed by atoms with van der Waals surface area (Å²) in [5.41, 5.74) is 0. The smallest absolute Gasteiger partial charge is 0.302 e. The second-order valence-electron chi connectivity index (χ2n) is 2.92. The summed E-state index contributed by atoms with van der Waals surface area (Å²) in [7, 11) is 0. The minimum absolute atomic E-state index is 0.0417. The van der Waals surface area contributed by atoms with Crippen LogP contribution in [0.3, 0.4) is 0 Å². The van der Waals surface area contributed by atoms with Crippen LogP contribution in [0.2, 0.25) is 0 Å². The molecule has 0 aromatic rings. The topological polar surface area (TPSA) is 26.3 Å². The van der Waals surface area contributed by atoms with Crippen LogP contribution in [0.5, 0.6) is 0 Å². The minimum atomic E-state index is -0.195. The van der Waals surface area contributed by atoms with E-state index in [4.69, 9.17) is 4.74 Å². The molecule has 0 amide bonds. The fraction of sp³-hybridized carbons (Fsp3) is 0.875. The van der Waals surface area contributed by atoms with Gasteiger partial charge in [0.25, 0.3) is 0 Å². The zero-order valence-corrected chi connectivity index (χ0v) is 8.85. The number of hydrogen-bond acceptors (Lipinski definition) is 2. The summed E-state index contributed by atoms with van der Waals surface area (Å²) in [5, 5.41) is 0.957. The fourth-order valence-electron chi connectivity index (χ4n) is 0.961. The van der Waals surface area contributed by atoms with Crippen molar-refractivity contribution in [3.8, 4) is 0 Å². The summed E-state index contributed by atoms with van der Waals surface area (Å²) in [4.78, 5) is 10.5. The van der Waals surface area contributed by atoms with Crippen molar-refractivity contribution in [3.05, 3.63) is 0 Å². The second kappa shape index (κ2) is 5.58. The summed E-state index contributed by atoms with van der Waals surface area (Å²) in [6, 6.07) is 0. The molecule has 0 aromatic heterocycles. The minimum Gasteiger partial charge on any atom is -0.463 e. The van der Waals surface area contributed by atoms with Crippen LogP contribution in [0.25, 0.3) is 0 Å². The summed E-state index contributed by atoms with van der Waals surface area (Å²) in [6.07, 6.45) is 0.963. The summed E-state index contributed by atoms with van der Waals surface area (Å²) in [5.74, 6) is 0.364. The van der Waals surface area contributed by atoms with Crippen LogP contribution in [-0.2, 0) is 9.53 Å². The van der Waals surface area contributed by atoms with Gasteiger partial charge >= 0.3 is 5.97 Å². The maximum Gasteiger partial charge on any atom is 0.302 e. The summed E-state index contributed by atoms with van der Waals surface area (Å²) >= 11 is 3.37. The molecule has 2 atom stereocenters. The van der Waals surface area contributed by atoms with E-state index >= 15 is 0 Å². The van der Waals surface area contributed by atoms with Crippen LogP contribution < -0.4 is 0 Å². The Balaban J connectivity index is 3.51. The lowest BCUT2D eigenvalue weighted by atomic mass is 10.1. The third-order valence-corrected chi connectivity index (χ3v) is 2.47. The number of ether oxygens (including phenoxy) is 1. The molecule has 0 spiro atoms. The van der Waals surface area contributed by atoms with Crippen molar-refractivity contribution in [3.63, 3.8) is 0 Å². The molecule has 0 N–H and O–H groups in total. The SMILES string of the molecule is CC(=O)OC(C)CC(C)CBr. The van der Waals surface area contributed by atoms with Crippen molar-refractivity contribution in [1.82, 2.24) is 0 Å². The molecule has 0 aromatic carbocycles. The van der Waals surface area contributed by atoms with Gasteiger partial charge in [0.1, 0.15) is 0 Å². The highest BCUT2D eigenvalue weighted by Gasteiger charge is 2.09. The Hall–Kier alpha value is -0.0500.